The largest absolute Gasteiger partial charge is 0.353 e. The first-order valence-electron chi connectivity index (χ1n) is 9.56. The molecule has 0 radical (unpaired) electrons. The van der Waals surface area contributed by atoms with Gasteiger partial charge in [0.25, 0.3) is 0 Å². The number of fused-ring (bicyclic) bond motifs is 7. The lowest BCUT2D eigenvalue weighted by atomic mass is 9.92. The molecule has 2 heterocycles. The number of aryl methyl sites for hydroxylation is 2. The third kappa shape index (κ3) is 2.48. The van der Waals surface area contributed by atoms with E-state index in [4.69, 9.17) is 0 Å². The number of hydrogen-bond donors (Lipinski definition) is 1. The number of rotatable bonds is 3. The quantitative estimate of drug-likeness (QED) is 0.408. The zero-order valence-electron chi connectivity index (χ0n) is 15.4. The summed E-state index contributed by atoms with van der Waals surface area (Å²) >= 11 is 0. The Bertz CT molecular complexity index is 1230. The molecule has 0 aliphatic heterocycles. The van der Waals surface area contributed by atoms with Gasteiger partial charge in [0.1, 0.15) is 0 Å². The van der Waals surface area contributed by atoms with Crippen LogP contribution in [0.5, 0.6) is 0 Å². The van der Waals surface area contributed by atoms with Gasteiger partial charge < -0.3 is 9.55 Å². The zero-order chi connectivity index (χ0) is 18.2. The van der Waals surface area contributed by atoms with Crippen molar-refractivity contribution in [3.05, 3.63) is 90.0 Å². The van der Waals surface area contributed by atoms with Crippen LogP contribution in [-0.4, -0.2) is 9.55 Å². The molecule has 0 bridgehead atoms. The number of benzene rings is 2. The molecular weight excluding hydrogens is 328 g/mol. The van der Waals surface area contributed by atoms with Crippen molar-refractivity contribution in [1.29, 1.82) is 0 Å². The van der Waals surface area contributed by atoms with Gasteiger partial charge in [-0.05, 0) is 49.1 Å². The number of aromatic nitrogens is 2. The molecule has 0 atom stereocenters. The first-order valence-corrected chi connectivity index (χ1v) is 9.56. The van der Waals surface area contributed by atoms with Crippen LogP contribution < -0.4 is 0 Å². The first-order chi connectivity index (χ1) is 13.4. The summed E-state index contributed by atoms with van der Waals surface area (Å²) in [7, 11) is 0. The van der Waals surface area contributed by atoms with Gasteiger partial charge >= 0.3 is 0 Å². The highest BCUT2D eigenvalue weighted by atomic mass is 15.0. The number of nitrogens with one attached hydrogen (secondary N) is 1. The van der Waals surface area contributed by atoms with Crippen molar-refractivity contribution in [3.63, 3.8) is 0 Å². The fourth-order valence-corrected chi connectivity index (χ4v) is 4.30. The van der Waals surface area contributed by atoms with Crippen LogP contribution in [0.3, 0.4) is 0 Å². The molecule has 1 aliphatic carbocycles. The van der Waals surface area contributed by atoms with Crippen LogP contribution >= 0.6 is 0 Å². The number of aromatic amines is 1. The molecule has 2 heteroatoms. The molecule has 0 saturated carbocycles. The van der Waals surface area contributed by atoms with Crippen LogP contribution in [0.2, 0.25) is 0 Å². The summed E-state index contributed by atoms with van der Waals surface area (Å²) in [4.78, 5) is 3.70. The molecule has 5 rings (SSSR count). The Hall–Kier alpha value is -3.26. The second-order valence-corrected chi connectivity index (χ2v) is 6.99. The van der Waals surface area contributed by atoms with Crippen LogP contribution in [0, 0.1) is 0 Å². The molecule has 2 aromatic carbocycles. The second-order valence-electron chi connectivity index (χ2n) is 6.99. The highest BCUT2D eigenvalue weighted by Crippen LogP contribution is 2.42. The van der Waals surface area contributed by atoms with Crippen LogP contribution in [-0.2, 0) is 12.8 Å². The Morgan fingerprint density at radius 1 is 0.815 bits per heavy atom. The average molecular weight is 350 g/mol. The van der Waals surface area contributed by atoms with Crippen molar-refractivity contribution in [1.82, 2.24) is 9.55 Å². The highest BCUT2D eigenvalue weighted by Gasteiger charge is 2.26. The number of allylic oxidation sites excluding steroid dienone is 5. The Morgan fingerprint density at radius 2 is 1.56 bits per heavy atom. The van der Waals surface area contributed by atoms with E-state index in [1.54, 1.807) is 0 Å². The maximum absolute atomic E-state index is 3.70. The standard InChI is InChI=1S/C25H22N2/c1-2-3-4-5-10-17-27-23-14-9-7-12-19(23)21-16-15-20-18-11-6-8-13-22(18)26-24(20)25(21)27/h2-14,17,26H,15-16H2,1H3/b3-2-,5-4-,17-10+. The molecule has 132 valence electrons. The number of hydrogen-bond acceptors (Lipinski definition) is 0. The van der Waals surface area contributed by atoms with Gasteiger partial charge in [0, 0.05) is 22.5 Å². The van der Waals surface area contributed by atoms with Crippen molar-refractivity contribution in [3.8, 4) is 11.4 Å². The predicted molar refractivity (Wildman–Crippen MR) is 116 cm³/mol. The van der Waals surface area contributed by atoms with Gasteiger partial charge in [-0.15, -0.1) is 0 Å². The van der Waals surface area contributed by atoms with E-state index in [0.717, 1.165) is 12.8 Å². The van der Waals surface area contributed by atoms with E-state index >= 15 is 0 Å². The number of H-pyrrole nitrogens is 1. The number of nitrogens with zero attached hydrogens (tertiary/aromatic N) is 1. The lowest BCUT2D eigenvalue weighted by molar-refractivity contribution is 0.944. The van der Waals surface area contributed by atoms with Gasteiger partial charge in [0.05, 0.1) is 16.9 Å². The highest BCUT2D eigenvalue weighted by molar-refractivity contribution is 5.99. The molecule has 2 nitrogen and oxygen atoms in total. The van der Waals surface area contributed by atoms with E-state index in [-0.39, 0.29) is 0 Å². The second kappa shape index (κ2) is 6.48. The summed E-state index contributed by atoms with van der Waals surface area (Å²) in [6.45, 7) is 2.03. The van der Waals surface area contributed by atoms with Gasteiger partial charge in [-0.2, -0.15) is 0 Å². The summed E-state index contributed by atoms with van der Waals surface area (Å²) in [6.07, 6.45) is 14.7. The zero-order valence-corrected chi connectivity index (χ0v) is 15.4. The Labute approximate surface area is 159 Å². The Balaban J connectivity index is 1.77. The predicted octanol–water partition coefficient (Wildman–Crippen LogP) is 6.49. The van der Waals surface area contributed by atoms with E-state index in [1.165, 1.54) is 44.3 Å². The molecule has 0 unspecified atom stereocenters. The van der Waals surface area contributed by atoms with E-state index < -0.39 is 0 Å². The molecule has 0 amide bonds. The minimum absolute atomic E-state index is 1.08. The van der Waals surface area contributed by atoms with Gasteiger partial charge in [-0.1, -0.05) is 60.7 Å². The van der Waals surface area contributed by atoms with E-state index in [9.17, 15) is 0 Å². The van der Waals surface area contributed by atoms with Gasteiger partial charge in [0.15, 0.2) is 0 Å². The van der Waals surface area contributed by atoms with Crippen molar-refractivity contribution in [2.75, 3.05) is 0 Å². The monoisotopic (exact) mass is 350 g/mol. The lowest BCUT2D eigenvalue weighted by Gasteiger charge is -2.15. The molecule has 1 N–H and O–H groups in total. The topological polar surface area (TPSA) is 20.7 Å². The van der Waals surface area contributed by atoms with Crippen molar-refractivity contribution in [2.45, 2.75) is 19.8 Å². The van der Waals surface area contributed by atoms with Crippen molar-refractivity contribution < 1.29 is 0 Å². The molecule has 1 aliphatic rings. The van der Waals surface area contributed by atoms with Crippen LogP contribution in [0.4, 0.5) is 0 Å². The van der Waals surface area contributed by atoms with Crippen molar-refractivity contribution >= 4 is 28.0 Å². The number of para-hydroxylation sites is 2. The minimum Gasteiger partial charge on any atom is -0.353 e. The molecule has 0 spiro atoms. The van der Waals surface area contributed by atoms with Gasteiger partial charge in [-0.25, -0.2) is 0 Å². The molecule has 0 fully saturated rings. The fourth-order valence-electron chi connectivity index (χ4n) is 4.30. The summed E-state index contributed by atoms with van der Waals surface area (Å²) in [5.74, 6) is 0. The first kappa shape index (κ1) is 16.0. The molecular formula is C25H22N2. The van der Waals surface area contributed by atoms with E-state index in [2.05, 4.69) is 82.5 Å². The van der Waals surface area contributed by atoms with Crippen LogP contribution in [0.25, 0.3) is 39.4 Å². The van der Waals surface area contributed by atoms with Crippen LogP contribution in [0.15, 0.2) is 78.9 Å². The van der Waals surface area contributed by atoms with E-state index in [1.807, 2.05) is 19.1 Å². The summed E-state index contributed by atoms with van der Waals surface area (Å²) in [5.41, 5.74) is 7.97. The molecule has 2 aromatic heterocycles. The Morgan fingerprint density at radius 3 is 2.44 bits per heavy atom. The normalized spacial score (nSPS) is 14.1. The minimum atomic E-state index is 1.08. The van der Waals surface area contributed by atoms with Crippen molar-refractivity contribution in [2.24, 2.45) is 0 Å². The van der Waals surface area contributed by atoms with E-state index in [0.29, 0.717) is 0 Å². The Kier molecular flexibility index (Phi) is 3.83. The third-order valence-electron chi connectivity index (χ3n) is 5.45. The maximum Gasteiger partial charge on any atom is 0.0733 e. The summed E-state index contributed by atoms with van der Waals surface area (Å²) < 4.78 is 2.35. The third-order valence-corrected chi connectivity index (χ3v) is 5.45. The van der Waals surface area contributed by atoms with Gasteiger partial charge in [0.2, 0.25) is 0 Å². The summed E-state index contributed by atoms with van der Waals surface area (Å²) in [5, 5.41) is 2.71. The smallest absolute Gasteiger partial charge is 0.0733 e. The van der Waals surface area contributed by atoms with Crippen LogP contribution in [0.1, 0.15) is 18.1 Å². The SMILES string of the molecule is C\C=C/C=C\C=C\n1c2c(c3ccccc31)CCc1c-2[nH]c2ccccc12. The fraction of sp³-hybridized carbons (Fsp3) is 0.120. The summed E-state index contributed by atoms with van der Waals surface area (Å²) in [6, 6.07) is 17.4. The molecule has 4 aromatic rings. The molecule has 0 saturated heterocycles. The average Bonchev–Trinajstić information content (AvgIpc) is 3.24. The maximum atomic E-state index is 3.70. The molecule has 27 heavy (non-hydrogen) atoms. The van der Waals surface area contributed by atoms with Gasteiger partial charge in [-0.3, -0.25) is 0 Å². The lowest BCUT2D eigenvalue weighted by Crippen LogP contribution is -2.04.